The number of phenolic OH excluding ortho intramolecular Hbond substituents is 1. The zero-order valence-corrected chi connectivity index (χ0v) is 20.8. The highest BCUT2D eigenvalue weighted by atomic mass is 32.2. The van der Waals surface area contributed by atoms with Crippen LogP contribution in [0.4, 0.5) is 0 Å². The standard InChI is InChI=1S/C23H26N2O8S2/c1-32-22(28)17-5-3-4-6-20(17)35(30,31)25-13-16(34)12-19(25)21(27)24-18(23(29)33-2)11-14-7-9-15(26)10-8-14/h3-10,16,18-19,26,34H,11-13H2,1-2H3,(H,24,27)/t16-,18-,19-/m0/s1. The van der Waals surface area contributed by atoms with Crippen molar-refractivity contribution in [3.8, 4) is 5.75 Å². The fourth-order valence-corrected chi connectivity index (χ4v) is 6.17. The highest BCUT2D eigenvalue weighted by molar-refractivity contribution is 7.89. The Morgan fingerprint density at radius 1 is 1.11 bits per heavy atom. The molecule has 0 bridgehead atoms. The maximum absolute atomic E-state index is 13.5. The summed E-state index contributed by atoms with van der Waals surface area (Å²) in [6.45, 7) is -0.0696. The number of benzene rings is 2. The monoisotopic (exact) mass is 522 g/mol. The first-order valence-corrected chi connectivity index (χ1v) is 12.6. The number of phenols is 1. The number of hydrogen-bond donors (Lipinski definition) is 3. The lowest BCUT2D eigenvalue weighted by atomic mass is 10.0. The first-order valence-electron chi connectivity index (χ1n) is 10.6. The van der Waals surface area contributed by atoms with Crippen molar-refractivity contribution in [3.05, 3.63) is 59.7 Å². The van der Waals surface area contributed by atoms with Crippen LogP contribution in [0.15, 0.2) is 53.4 Å². The molecule has 0 saturated carbocycles. The molecular formula is C23H26N2O8S2. The van der Waals surface area contributed by atoms with Gasteiger partial charge in [0.2, 0.25) is 15.9 Å². The number of nitrogens with one attached hydrogen (secondary N) is 1. The Labute approximate surface area is 208 Å². The summed E-state index contributed by atoms with van der Waals surface area (Å²) in [4.78, 5) is 37.5. The lowest BCUT2D eigenvalue weighted by Crippen LogP contribution is -2.51. The van der Waals surface area contributed by atoms with E-state index < -0.39 is 45.2 Å². The average Bonchev–Trinajstić information content (AvgIpc) is 3.26. The molecule has 12 heteroatoms. The van der Waals surface area contributed by atoms with Crippen LogP contribution < -0.4 is 5.32 Å². The van der Waals surface area contributed by atoms with Gasteiger partial charge < -0.3 is 19.9 Å². The summed E-state index contributed by atoms with van der Waals surface area (Å²) in [5.74, 6) is -2.19. The quantitative estimate of drug-likeness (QED) is 0.347. The van der Waals surface area contributed by atoms with Gasteiger partial charge in [-0.3, -0.25) is 4.79 Å². The van der Waals surface area contributed by atoms with Gasteiger partial charge in [0.05, 0.1) is 24.7 Å². The molecule has 2 aromatic rings. The van der Waals surface area contributed by atoms with Crippen LogP contribution in [0.1, 0.15) is 22.3 Å². The Hall–Kier alpha value is -3.09. The summed E-state index contributed by atoms with van der Waals surface area (Å²) in [6.07, 6.45) is 0.162. The van der Waals surface area contributed by atoms with Crippen molar-refractivity contribution in [2.75, 3.05) is 20.8 Å². The second kappa shape index (κ2) is 11.1. The molecule has 1 saturated heterocycles. The van der Waals surface area contributed by atoms with Crippen LogP contribution in [0.3, 0.4) is 0 Å². The second-order valence-electron chi connectivity index (χ2n) is 7.92. The largest absolute Gasteiger partial charge is 0.508 e. The van der Waals surface area contributed by atoms with E-state index in [9.17, 15) is 27.9 Å². The number of carbonyl (C=O) groups excluding carboxylic acids is 3. The van der Waals surface area contributed by atoms with E-state index in [2.05, 4.69) is 17.9 Å². The third-order valence-electron chi connectivity index (χ3n) is 5.59. The molecule has 0 aliphatic carbocycles. The van der Waals surface area contributed by atoms with Gasteiger partial charge in [0.15, 0.2) is 0 Å². The number of thiol groups is 1. The van der Waals surface area contributed by atoms with Gasteiger partial charge in [0.1, 0.15) is 17.8 Å². The molecule has 2 aromatic carbocycles. The van der Waals surface area contributed by atoms with Crippen LogP contribution in [0.5, 0.6) is 5.75 Å². The number of esters is 2. The normalized spacial score (nSPS) is 19.1. The molecule has 1 aliphatic rings. The number of ether oxygens (including phenoxy) is 2. The fourth-order valence-electron chi connectivity index (χ4n) is 3.86. The van der Waals surface area contributed by atoms with E-state index in [0.29, 0.717) is 5.56 Å². The molecule has 0 unspecified atom stereocenters. The number of nitrogens with zero attached hydrogens (tertiary/aromatic N) is 1. The number of carbonyl (C=O) groups is 3. The van der Waals surface area contributed by atoms with Crippen LogP contribution >= 0.6 is 12.6 Å². The molecule has 188 valence electrons. The molecule has 0 spiro atoms. The van der Waals surface area contributed by atoms with Gasteiger partial charge in [0, 0.05) is 18.2 Å². The Balaban J connectivity index is 1.88. The van der Waals surface area contributed by atoms with E-state index in [1.54, 1.807) is 12.1 Å². The van der Waals surface area contributed by atoms with Crippen molar-refractivity contribution >= 4 is 40.5 Å². The smallest absolute Gasteiger partial charge is 0.339 e. The SMILES string of the molecule is COC(=O)c1ccccc1S(=O)(=O)N1C[C@@H](S)C[C@H]1C(=O)N[C@@H](Cc1ccc(O)cc1)C(=O)OC. The van der Waals surface area contributed by atoms with Gasteiger partial charge in [-0.1, -0.05) is 24.3 Å². The van der Waals surface area contributed by atoms with Crippen LogP contribution in [0.2, 0.25) is 0 Å². The zero-order valence-electron chi connectivity index (χ0n) is 19.1. The lowest BCUT2D eigenvalue weighted by Gasteiger charge is -2.26. The predicted molar refractivity (Wildman–Crippen MR) is 129 cm³/mol. The molecular weight excluding hydrogens is 496 g/mol. The number of methoxy groups -OCH3 is 2. The van der Waals surface area contributed by atoms with E-state index in [1.165, 1.54) is 43.5 Å². The highest BCUT2D eigenvalue weighted by Gasteiger charge is 2.44. The summed E-state index contributed by atoms with van der Waals surface area (Å²) in [5, 5.41) is 11.6. The first kappa shape index (κ1) is 26.5. The zero-order chi connectivity index (χ0) is 25.8. The maximum Gasteiger partial charge on any atom is 0.339 e. The van der Waals surface area contributed by atoms with Crippen molar-refractivity contribution in [1.82, 2.24) is 9.62 Å². The van der Waals surface area contributed by atoms with Gasteiger partial charge in [-0.2, -0.15) is 16.9 Å². The summed E-state index contributed by atoms with van der Waals surface area (Å²) in [5.41, 5.74) is 0.491. The fraction of sp³-hybridized carbons (Fsp3) is 0.348. The van der Waals surface area contributed by atoms with Crippen LogP contribution in [0, 0.1) is 0 Å². The van der Waals surface area contributed by atoms with Gasteiger partial charge >= 0.3 is 11.9 Å². The van der Waals surface area contributed by atoms with Crippen LogP contribution in [0.25, 0.3) is 0 Å². The lowest BCUT2D eigenvalue weighted by molar-refractivity contribution is -0.145. The Morgan fingerprint density at radius 2 is 1.77 bits per heavy atom. The number of amides is 1. The minimum absolute atomic E-state index is 0.0475. The van der Waals surface area contributed by atoms with Crippen LogP contribution in [-0.2, 0) is 35.5 Å². The Kier molecular flexibility index (Phi) is 8.41. The molecule has 1 fully saturated rings. The summed E-state index contributed by atoms with van der Waals surface area (Å²) in [6, 6.07) is 9.38. The molecule has 10 nitrogen and oxygen atoms in total. The minimum atomic E-state index is -4.30. The summed E-state index contributed by atoms with van der Waals surface area (Å²) in [7, 11) is -1.98. The van der Waals surface area contributed by atoms with Crippen LogP contribution in [-0.4, -0.2) is 73.8 Å². The maximum atomic E-state index is 13.5. The second-order valence-corrected chi connectivity index (χ2v) is 10.5. The van der Waals surface area contributed by atoms with E-state index >= 15 is 0 Å². The number of aromatic hydroxyl groups is 1. The van der Waals surface area contributed by atoms with E-state index in [1.807, 2.05) is 0 Å². The van der Waals surface area contributed by atoms with Gasteiger partial charge in [-0.25, -0.2) is 18.0 Å². The third-order valence-corrected chi connectivity index (χ3v) is 7.90. The molecule has 35 heavy (non-hydrogen) atoms. The van der Waals surface area contributed by atoms with Crippen molar-refractivity contribution in [2.45, 2.75) is 35.1 Å². The molecule has 3 rings (SSSR count). The van der Waals surface area contributed by atoms with Crippen molar-refractivity contribution in [1.29, 1.82) is 0 Å². The number of sulfonamides is 1. The molecule has 1 amide bonds. The van der Waals surface area contributed by atoms with Gasteiger partial charge in [-0.05, 0) is 36.2 Å². The Morgan fingerprint density at radius 3 is 2.40 bits per heavy atom. The third kappa shape index (κ3) is 5.95. The Bertz CT molecular complexity index is 1200. The summed E-state index contributed by atoms with van der Waals surface area (Å²) < 4.78 is 37.5. The van der Waals surface area contributed by atoms with Crippen molar-refractivity contribution < 1.29 is 37.4 Å². The predicted octanol–water partition coefficient (Wildman–Crippen LogP) is 1.14. The highest BCUT2D eigenvalue weighted by Crippen LogP contribution is 2.31. The topological polar surface area (TPSA) is 139 Å². The number of rotatable bonds is 8. The molecule has 3 atom stereocenters. The van der Waals surface area contributed by atoms with E-state index in [4.69, 9.17) is 9.47 Å². The summed E-state index contributed by atoms with van der Waals surface area (Å²) >= 11 is 4.38. The minimum Gasteiger partial charge on any atom is -0.508 e. The molecule has 2 N–H and O–H groups in total. The molecule has 1 aliphatic heterocycles. The van der Waals surface area contributed by atoms with Crippen molar-refractivity contribution in [2.24, 2.45) is 0 Å². The van der Waals surface area contributed by atoms with Gasteiger partial charge in [0.25, 0.3) is 0 Å². The molecule has 0 aromatic heterocycles. The van der Waals surface area contributed by atoms with Crippen molar-refractivity contribution in [3.63, 3.8) is 0 Å². The first-order chi connectivity index (χ1) is 16.6. The number of hydrogen-bond acceptors (Lipinski definition) is 9. The molecule has 1 heterocycles. The van der Waals surface area contributed by atoms with Gasteiger partial charge in [-0.15, -0.1) is 0 Å². The molecule has 0 radical (unpaired) electrons. The van der Waals surface area contributed by atoms with E-state index in [0.717, 1.165) is 11.4 Å². The van der Waals surface area contributed by atoms with E-state index in [-0.39, 0.29) is 35.6 Å². The average molecular weight is 523 g/mol.